The van der Waals surface area contributed by atoms with Crippen molar-refractivity contribution in [3.63, 3.8) is 0 Å². The lowest BCUT2D eigenvalue weighted by molar-refractivity contribution is -0.147. The van der Waals surface area contributed by atoms with E-state index < -0.39 is 5.97 Å². The van der Waals surface area contributed by atoms with Gasteiger partial charge in [0.2, 0.25) is 0 Å². The van der Waals surface area contributed by atoms with Gasteiger partial charge in [0.15, 0.2) is 6.61 Å². The van der Waals surface area contributed by atoms with Crippen LogP contribution in [0.2, 0.25) is 0 Å². The Morgan fingerprint density at radius 3 is 2.64 bits per heavy atom. The van der Waals surface area contributed by atoms with E-state index in [1.54, 1.807) is 19.3 Å². The maximum atomic E-state index is 12.2. The normalized spacial score (nSPS) is 10.9. The second kappa shape index (κ2) is 9.28. The zero-order chi connectivity index (χ0) is 19.9. The number of ether oxygens (including phenoxy) is 1. The number of rotatable bonds is 6. The first-order valence-electron chi connectivity index (χ1n) is 8.70. The monoisotopic (exact) mass is 438 g/mol. The Hall–Kier alpha value is -2.99. The van der Waals surface area contributed by atoms with Gasteiger partial charge in [-0.2, -0.15) is 0 Å². The van der Waals surface area contributed by atoms with E-state index in [0.717, 1.165) is 26.5 Å². The van der Waals surface area contributed by atoms with Gasteiger partial charge in [0.25, 0.3) is 5.91 Å². The van der Waals surface area contributed by atoms with Gasteiger partial charge < -0.3 is 9.64 Å². The van der Waals surface area contributed by atoms with Crippen molar-refractivity contribution in [1.82, 2.24) is 9.88 Å². The molecule has 0 fully saturated rings. The van der Waals surface area contributed by atoms with Crippen molar-refractivity contribution in [2.45, 2.75) is 6.54 Å². The second-order valence-electron chi connectivity index (χ2n) is 6.24. The molecule has 3 aromatic rings. The Bertz CT molecular complexity index is 1010. The Balaban J connectivity index is 1.53. The molecule has 28 heavy (non-hydrogen) atoms. The predicted molar refractivity (Wildman–Crippen MR) is 112 cm³/mol. The van der Waals surface area contributed by atoms with E-state index >= 15 is 0 Å². The largest absolute Gasteiger partial charge is 0.452 e. The van der Waals surface area contributed by atoms with Crippen LogP contribution in [0, 0.1) is 0 Å². The Kier molecular flexibility index (Phi) is 6.55. The summed E-state index contributed by atoms with van der Waals surface area (Å²) in [6.07, 6.45) is 4.66. The topological polar surface area (TPSA) is 59.5 Å². The minimum absolute atomic E-state index is 0.267. The Morgan fingerprint density at radius 1 is 1.11 bits per heavy atom. The van der Waals surface area contributed by atoms with Crippen LogP contribution in [0.3, 0.4) is 0 Å². The minimum atomic E-state index is -0.571. The molecule has 0 saturated carbocycles. The summed E-state index contributed by atoms with van der Waals surface area (Å²) >= 11 is 3.38. The average Bonchev–Trinajstić information content (AvgIpc) is 2.72. The van der Waals surface area contributed by atoms with Crippen molar-refractivity contribution in [2.24, 2.45) is 0 Å². The number of likely N-dealkylation sites (N-methyl/N-ethyl adjacent to an activating group) is 1. The van der Waals surface area contributed by atoms with Crippen molar-refractivity contribution in [3.8, 4) is 0 Å². The van der Waals surface area contributed by atoms with Gasteiger partial charge in [-0.25, -0.2) is 4.79 Å². The van der Waals surface area contributed by atoms with Gasteiger partial charge in [-0.05, 0) is 29.8 Å². The van der Waals surface area contributed by atoms with E-state index in [2.05, 4.69) is 20.9 Å². The quantitative estimate of drug-likeness (QED) is 0.427. The number of nitrogens with zero attached hydrogens (tertiary/aromatic N) is 2. The molecule has 1 heterocycles. The molecule has 0 N–H and O–H groups in total. The number of hydrogen-bond acceptors (Lipinski definition) is 4. The second-order valence-corrected chi connectivity index (χ2v) is 7.16. The molecule has 0 aliphatic carbocycles. The smallest absolute Gasteiger partial charge is 0.331 e. The summed E-state index contributed by atoms with van der Waals surface area (Å²) in [5.74, 6) is -0.838. The number of aromatic nitrogens is 1. The zero-order valence-corrected chi connectivity index (χ0v) is 16.9. The lowest BCUT2D eigenvalue weighted by Crippen LogP contribution is -2.30. The zero-order valence-electron chi connectivity index (χ0n) is 15.3. The van der Waals surface area contributed by atoms with E-state index in [4.69, 9.17) is 4.74 Å². The highest BCUT2D eigenvalue weighted by Gasteiger charge is 2.11. The summed E-state index contributed by atoms with van der Waals surface area (Å²) in [6.45, 7) is 0.144. The number of pyridine rings is 1. The standard InChI is InChI=1S/C22H19BrN2O3/c1-25(14-16-7-10-19(23)11-8-16)20(26)15-28-21(27)12-9-18-5-2-4-17-6-3-13-24-22(17)18/h2-13H,14-15H2,1H3/b12-9+. The average molecular weight is 439 g/mol. The number of esters is 1. The van der Waals surface area contributed by atoms with Gasteiger partial charge in [-0.15, -0.1) is 0 Å². The van der Waals surface area contributed by atoms with E-state index in [-0.39, 0.29) is 12.5 Å². The first-order valence-corrected chi connectivity index (χ1v) is 9.49. The van der Waals surface area contributed by atoms with Crippen molar-refractivity contribution in [2.75, 3.05) is 13.7 Å². The number of amides is 1. The van der Waals surface area contributed by atoms with E-state index in [1.807, 2.05) is 54.6 Å². The van der Waals surface area contributed by atoms with E-state index in [1.165, 1.54) is 11.0 Å². The molecule has 0 aliphatic heterocycles. The molecule has 0 atom stereocenters. The Morgan fingerprint density at radius 2 is 1.86 bits per heavy atom. The summed E-state index contributed by atoms with van der Waals surface area (Å²) in [5.41, 5.74) is 2.61. The first kappa shape index (κ1) is 19.8. The lowest BCUT2D eigenvalue weighted by atomic mass is 10.1. The molecular formula is C22H19BrN2O3. The van der Waals surface area contributed by atoms with Crippen molar-refractivity contribution in [1.29, 1.82) is 0 Å². The first-order chi connectivity index (χ1) is 13.5. The third-order valence-electron chi connectivity index (χ3n) is 4.16. The number of halogens is 1. The molecule has 0 unspecified atom stereocenters. The summed E-state index contributed by atoms with van der Waals surface area (Å²) in [7, 11) is 1.68. The van der Waals surface area contributed by atoms with Crippen LogP contribution in [-0.2, 0) is 20.9 Å². The molecule has 142 valence electrons. The van der Waals surface area contributed by atoms with Crippen molar-refractivity contribution < 1.29 is 14.3 Å². The molecular weight excluding hydrogens is 420 g/mol. The fourth-order valence-corrected chi connectivity index (χ4v) is 2.93. The van der Waals surface area contributed by atoms with Crippen LogP contribution in [-0.4, -0.2) is 35.4 Å². The molecule has 0 spiro atoms. The molecule has 0 radical (unpaired) electrons. The van der Waals surface area contributed by atoms with Crippen LogP contribution in [0.15, 0.2) is 71.3 Å². The maximum absolute atomic E-state index is 12.2. The van der Waals surface area contributed by atoms with E-state index in [9.17, 15) is 9.59 Å². The van der Waals surface area contributed by atoms with Crippen LogP contribution in [0.5, 0.6) is 0 Å². The molecule has 0 aliphatic rings. The number of carbonyl (C=O) groups excluding carboxylic acids is 2. The Labute approximate surface area is 171 Å². The number of para-hydroxylation sites is 1. The summed E-state index contributed by atoms with van der Waals surface area (Å²) in [5, 5.41) is 0.989. The fraction of sp³-hybridized carbons (Fsp3) is 0.136. The van der Waals surface area contributed by atoms with Crippen LogP contribution in [0.1, 0.15) is 11.1 Å². The van der Waals surface area contributed by atoms with E-state index in [0.29, 0.717) is 6.54 Å². The number of benzene rings is 2. The van der Waals surface area contributed by atoms with Gasteiger partial charge in [-0.1, -0.05) is 52.3 Å². The predicted octanol–water partition coefficient (Wildman–Crippen LogP) is 4.21. The third-order valence-corrected chi connectivity index (χ3v) is 4.69. The van der Waals surface area contributed by atoms with Crippen molar-refractivity contribution in [3.05, 3.63) is 82.5 Å². The molecule has 0 bridgehead atoms. The number of hydrogen-bond donors (Lipinski definition) is 0. The molecule has 1 aromatic heterocycles. The highest BCUT2D eigenvalue weighted by atomic mass is 79.9. The molecule has 6 heteroatoms. The maximum Gasteiger partial charge on any atom is 0.331 e. The molecule has 3 rings (SSSR count). The molecule has 2 aromatic carbocycles. The third kappa shape index (κ3) is 5.27. The highest BCUT2D eigenvalue weighted by Crippen LogP contribution is 2.17. The molecule has 5 nitrogen and oxygen atoms in total. The molecule has 1 amide bonds. The fourth-order valence-electron chi connectivity index (χ4n) is 2.66. The van der Waals surface area contributed by atoms with Gasteiger partial charge in [0.05, 0.1) is 5.52 Å². The van der Waals surface area contributed by atoms with Crippen LogP contribution < -0.4 is 0 Å². The van der Waals surface area contributed by atoms with Crippen LogP contribution >= 0.6 is 15.9 Å². The SMILES string of the molecule is CN(Cc1ccc(Br)cc1)C(=O)COC(=O)/C=C/c1cccc2cccnc12. The van der Waals surface area contributed by atoms with Crippen LogP contribution in [0.25, 0.3) is 17.0 Å². The summed E-state index contributed by atoms with van der Waals surface area (Å²) in [6, 6.07) is 17.2. The summed E-state index contributed by atoms with van der Waals surface area (Å²) < 4.78 is 6.05. The highest BCUT2D eigenvalue weighted by molar-refractivity contribution is 9.10. The van der Waals surface area contributed by atoms with Crippen LogP contribution in [0.4, 0.5) is 0 Å². The number of carbonyl (C=O) groups is 2. The van der Waals surface area contributed by atoms with Gasteiger partial charge in [0, 0.05) is 41.3 Å². The van der Waals surface area contributed by atoms with Gasteiger partial charge >= 0.3 is 5.97 Å². The molecule has 0 saturated heterocycles. The minimum Gasteiger partial charge on any atom is -0.452 e. The van der Waals surface area contributed by atoms with Gasteiger partial charge in [0.1, 0.15) is 0 Å². The van der Waals surface area contributed by atoms with Crippen molar-refractivity contribution >= 4 is 44.8 Å². The summed E-state index contributed by atoms with van der Waals surface area (Å²) in [4.78, 5) is 30.0. The number of fused-ring (bicyclic) bond motifs is 1. The van der Waals surface area contributed by atoms with Gasteiger partial charge in [-0.3, -0.25) is 9.78 Å². The lowest BCUT2D eigenvalue weighted by Gasteiger charge is -2.17.